The maximum absolute atomic E-state index is 10.9. The molecule has 2 unspecified atom stereocenters. The van der Waals surface area contributed by atoms with E-state index in [2.05, 4.69) is 28.9 Å². The molecular formula is C19H23N3O2. The molecule has 0 aliphatic carbocycles. The van der Waals surface area contributed by atoms with Crippen LogP contribution >= 0.6 is 0 Å². The SMILES string of the molecule is CC1CC(c2ccc(C=N)c3ncccc23)CN(CCC(=O)O)C1. The van der Waals surface area contributed by atoms with Crippen LogP contribution in [0.1, 0.15) is 36.8 Å². The number of rotatable bonds is 5. The van der Waals surface area contributed by atoms with Gasteiger partial charge in [-0.25, -0.2) is 0 Å². The molecule has 5 nitrogen and oxygen atoms in total. The summed E-state index contributed by atoms with van der Waals surface area (Å²) in [5.74, 6) is 0.162. The largest absolute Gasteiger partial charge is 0.481 e. The second-order valence-electron chi connectivity index (χ2n) is 6.73. The molecular weight excluding hydrogens is 302 g/mol. The number of pyridine rings is 1. The maximum Gasteiger partial charge on any atom is 0.304 e. The summed E-state index contributed by atoms with van der Waals surface area (Å²) in [6.07, 6.45) is 4.40. The minimum atomic E-state index is -0.741. The van der Waals surface area contributed by atoms with Crippen molar-refractivity contribution in [1.29, 1.82) is 5.41 Å². The Morgan fingerprint density at radius 2 is 2.25 bits per heavy atom. The van der Waals surface area contributed by atoms with Crippen LogP contribution in [0.15, 0.2) is 30.5 Å². The van der Waals surface area contributed by atoms with Crippen LogP contribution < -0.4 is 0 Å². The van der Waals surface area contributed by atoms with E-state index in [1.807, 2.05) is 12.1 Å². The molecule has 2 atom stereocenters. The molecule has 1 aliphatic heterocycles. The van der Waals surface area contributed by atoms with E-state index in [0.717, 1.165) is 36.0 Å². The number of benzene rings is 1. The Labute approximate surface area is 141 Å². The van der Waals surface area contributed by atoms with Crippen LogP contribution in [0.2, 0.25) is 0 Å². The van der Waals surface area contributed by atoms with E-state index in [9.17, 15) is 4.79 Å². The summed E-state index contributed by atoms with van der Waals surface area (Å²) in [6.45, 7) is 4.67. The van der Waals surface area contributed by atoms with Gasteiger partial charge in [-0.3, -0.25) is 9.78 Å². The summed E-state index contributed by atoms with van der Waals surface area (Å²) in [5, 5.41) is 17.6. The van der Waals surface area contributed by atoms with Crippen LogP contribution in [-0.2, 0) is 4.79 Å². The van der Waals surface area contributed by atoms with Crippen molar-refractivity contribution in [2.75, 3.05) is 19.6 Å². The molecule has 2 heterocycles. The number of aromatic nitrogens is 1. The molecule has 1 fully saturated rings. The molecule has 24 heavy (non-hydrogen) atoms. The second kappa shape index (κ2) is 7.09. The average molecular weight is 325 g/mol. The topological polar surface area (TPSA) is 77.3 Å². The lowest BCUT2D eigenvalue weighted by Crippen LogP contribution is -2.39. The Hall–Kier alpha value is -2.27. The summed E-state index contributed by atoms with van der Waals surface area (Å²) >= 11 is 0. The van der Waals surface area contributed by atoms with Gasteiger partial charge in [0.2, 0.25) is 0 Å². The summed E-state index contributed by atoms with van der Waals surface area (Å²) in [5.41, 5.74) is 2.97. The number of carboxylic acids is 1. The monoisotopic (exact) mass is 325 g/mol. The third-order valence-corrected chi connectivity index (χ3v) is 4.81. The fourth-order valence-corrected chi connectivity index (χ4v) is 3.81. The Bertz CT molecular complexity index is 759. The normalized spacial score (nSPS) is 21.7. The van der Waals surface area contributed by atoms with Crippen molar-refractivity contribution in [3.63, 3.8) is 0 Å². The van der Waals surface area contributed by atoms with E-state index in [4.69, 9.17) is 10.5 Å². The van der Waals surface area contributed by atoms with E-state index in [-0.39, 0.29) is 6.42 Å². The molecule has 0 radical (unpaired) electrons. The van der Waals surface area contributed by atoms with Crippen molar-refractivity contribution in [3.05, 3.63) is 41.6 Å². The zero-order chi connectivity index (χ0) is 17.1. The van der Waals surface area contributed by atoms with Crippen LogP contribution in [-0.4, -0.2) is 46.8 Å². The van der Waals surface area contributed by atoms with E-state index in [1.54, 1.807) is 6.20 Å². The van der Waals surface area contributed by atoms with Gasteiger partial charge in [0, 0.05) is 43.0 Å². The van der Waals surface area contributed by atoms with Crippen molar-refractivity contribution in [2.45, 2.75) is 25.7 Å². The van der Waals surface area contributed by atoms with Crippen molar-refractivity contribution < 1.29 is 9.90 Å². The first-order chi connectivity index (χ1) is 11.6. The molecule has 2 aromatic rings. The highest BCUT2D eigenvalue weighted by molar-refractivity contribution is 5.98. The predicted octanol–water partition coefficient (Wildman–Crippen LogP) is 3.13. The Balaban J connectivity index is 1.91. The number of piperidine rings is 1. The van der Waals surface area contributed by atoms with Crippen LogP contribution in [0.3, 0.4) is 0 Å². The minimum absolute atomic E-state index is 0.189. The van der Waals surface area contributed by atoms with E-state index >= 15 is 0 Å². The number of nitrogens with one attached hydrogen (secondary N) is 1. The van der Waals surface area contributed by atoms with Crippen molar-refractivity contribution in [1.82, 2.24) is 9.88 Å². The summed E-state index contributed by atoms with van der Waals surface area (Å²) in [6, 6.07) is 8.10. The number of nitrogens with zero attached hydrogens (tertiary/aromatic N) is 2. The number of hydrogen-bond donors (Lipinski definition) is 2. The Morgan fingerprint density at radius 1 is 1.42 bits per heavy atom. The Morgan fingerprint density at radius 3 is 3.00 bits per heavy atom. The maximum atomic E-state index is 10.9. The van der Waals surface area contributed by atoms with Gasteiger partial charge >= 0.3 is 5.97 Å². The van der Waals surface area contributed by atoms with Crippen LogP contribution in [0.5, 0.6) is 0 Å². The number of likely N-dealkylation sites (tertiary alicyclic amines) is 1. The number of aliphatic carboxylic acids is 1. The van der Waals surface area contributed by atoms with Gasteiger partial charge in [-0.15, -0.1) is 0 Å². The molecule has 126 valence electrons. The lowest BCUT2D eigenvalue weighted by molar-refractivity contribution is -0.137. The fraction of sp³-hybridized carbons (Fsp3) is 0.421. The second-order valence-corrected chi connectivity index (χ2v) is 6.73. The smallest absolute Gasteiger partial charge is 0.304 e. The first kappa shape index (κ1) is 16.6. The van der Waals surface area contributed by atoms with Crippen LogP contribution in [0.4, 0.5) is 0 Å². The van der Waals surface area contributed by atoms with Crippen molar-refractivity contribution >= 4 is 23.1 Å². The van der Waals surface area contributed by atoms with Gasteiger partial charge in [-0.1, -0.05) is 25.1 Å². The van der Waals surface area contributed by atoms with Crippen LogP contribution in [0.25, 0.3) is 10.9 Å². The van der Waals surface area contributed by atoms with Crippen molar-refractivity contribution in [2.24, 2.45) is 5.92 Å². The highest BCUT2D eigenvalue weighted by atomic mass is 16.4. The standard InChI is InChI=1S/C19H23N3O2/c1-13-9-15(12-22(11-13)8-6-18(23)24)16-5-4-14(10-20)19-17(16)3-2-7-21-19/h2-5,7,10,13,15,20H,6,8-9,11-12H2,1H3,(H,23,24). The molecule has 5 heteroatoms. The average Bonchev–Trinajstić information content (AvgIpc) is 2.58. The molecule has 0 saturated carbocycles. The lowest BCUT2D eigenvalue weighted by Gasteiger charge is -2.37. The predicted molar refractivity (Wildman–Crippen MR) is 94.8 cm³/mol. The molecule has 1 saturated heterocycles. The third kappa shape index (κ3) is 3.46. The van der Waals surface area contributed by atoms with Gasteiger partial charge in [0.15, 0.2) is 0 Å². The number of hydrogen-bond acceptors (Lipinski definition) is 4. The lowest BCUT2D eigenvalue weighted by atomic mass is 9.83. The van der Waals surface area contributed by atoms with E-state index < -0.39 is 5.97 Å². The number of carbonyl (C=O) groups is 1. The number of carboxylic acid groups (broad SMARTS) is 1. The summed E-state index contributed by atoms with van der Waals surface area (Å²) in [4.78, 5) is 17.6. The van der Waals surface area contributed by atoms with E-state index in [0.29, 0.717) is 18.4 Å². The molecule has 0 amide bonds. The van der Waals surface area contributed by atoms with Gasteiger partial charge in [0.25, 0.3) is 0 Å². The fourth-order valence-electron chi connectivity index (χ4n) is 3.81. The highest BCUT2D eigenvalue weighted by Gasteiger charge is 2.27. The van der Waals surface area contributed by atoms with Crippen molar-refractivity contribution in [3.8, 4) is 0 Å². The van der Waals surface area contributed by atoms with Gasteiger partial charge in [-0.05, 0) is 29.9 Å². The molecule has 3 rings (SSSR count). The minimum Gasteiger partial charge on any atom is -0.481 e. The zero-order valence-corrected chi connectivity index (χ0v) is 13.9. The molecule has 1 aliphatic rings. The number of fused-ring (bicyclic) bond motifs is 1. The van der Waals surface area contributed by atoms with Gasteiger partial charge in [0.1, 0.15) is 0 Å². The molecule has 2 N–H and O–H groups in total. The van der Waals surface area contributed by atoms with Gasteiger partial charge in [-0.2, -0.15) is 0 Å². The summed E-state index contributed by atoms with van der Waals surface area (Å²) < 4.78 is 0. The summed E-state index contributed by atoms with van der Waals surface area (Å²) in [7, 11) is 0. The zero-order valence-electron chi connectivity index (χ0n) is 13.9. The molecule has 0 bridgehead atoms. The molecule has 1 aromatic carbocycles. The third-order valence-electron chi connectivity index (χ3n) is 4.81. The molecule has 0 spiro atoms. The van der Waals surface area contributed by atoms with Crippen LogP contribution in [0, 0.1) is 11.3 Å². The first-order valence-electron chi connectivity index (χ1n) is 8.40. The molecule has 1 aromatic heterocycles. The Kier molecular flexibility index (Phi) is 4.90. The van der Waals surface area contributed by atoms with Gasteiger partial charge < -0.3 is 15.4 Å². The van der Waals surface area contributed by atoms with Gasteiger partial charge in [0.05, 0.1) is 11.9 Å². The first-order valence-corrected chi connectivity index (χ1v) is 8.40. The highest BCUT2D eigenvalue weighted by Crippen LogP contribution is 2.34. The quantitative estimate of drug-likeness (QED) is 0.828. The van der Waals surface area contributed by atoms with E-state index in [1.165, 1.54) is 11.8 Å².